The lowest BCUT2D eigenvalue weighted by atomic mass is 10.1. The highest BCUT2D eigenvalue weighted by atomic mass is 35.5. The van der Waals surface area contributed by atoms with Gasteiger partial charge in [-0.05, 0) is 42.8 Å². The Hall–Kier alpha value is -2.72. The summed E-state index contributed by atoms with van der Waals surface area (Å²) in [6.07, 6.45) is 3.57. The molecule has 23 heavy (non-hydrogen) atoms. The van der Waals surface area contributed by atoms with E-state index in [9.17, 15) is 0 Å². The maximum Gasteiger partial charge on any atom is 0.163 e. The van der Waals surface area contributed by atoms with Crippen molar-refractivity contribution >= 4 is 17.2 Å². The van der Waals surface area contributed by atoms with Gasteiger partial charge in [-0.1, -0.05) is 29.8 Å². The zero-order chi connectivity index (χ0) is 15.8. The van der Waals surface area contributed by atoms with Gasteiger partial charge in [0.1, 0.15) is 0 Å². The van der Waals surface area contributed by atoms with Gasteiger partial charge in [-0.15, -0.1) is 0 Å². The van der Waals surface area contributed by atoms with Crippen molar-refractivity contribution in [1.29, 1.82) is 0 Å². The largest absolute Gasteiger partial charge is 0.255 e. The fourth-order valence-electron chi connectivity index (χ4n) is 2.71. The van der Waals surface area contributed by atoms with Crippen LogP contribution in [0.1, 0.15) is 5.69 Å². The molecule has 0 fully saturated rings. The second kappa shape index (κ2) is 5.48. The minimum atomic E-state index is 0.713. The Balaban J connectivity index is 1.98. The maximum absolute atomic E-state index is 5.99. The molecule has 0 spiro atoms. The Labute approximate surface area is 138 Å². The first-order valence-corrected chi connectivity index (χ1v) is 7.63. The van der Waals surface area contributed by atoms with Crippen molar-refractivity contribution in [3.05, 3.63) is 71.6 Å². The minimum absolute atomic E-state index is 0.713. The van der Waals surface area contributed by atoms with Crippen molar-refractivity contribution < 1.29 is 0 Å². The second-order valence-electron chi connectivity index (χ2n) is 5.25. The highest BCUT2D eigenvalue weighted by Gasteiger charge is 2.15. The number of benzene rings is 1. The Kier molecular flexibility index (Phi) is 3.32. The highest BCUT2D eigenvalue weighted by Crippen LogP contribution is 2.30. The summed E-state index contributed by atoms with van der Waals surface area (Å²) in [7, 11) is 0. The molecular formula is C18H13ClN4. The molecule has 112 valence electrons. The van der Waals surface area contributed by atoms with Crippen LogP contribution in [0.2, 0.25) is 5.02 Å². The van der Waals surface area contributed by atoms with Crippen molar-refractivity contribution in [2.24, 2.45) is 0 Å². The smallest absolute Gasteiger partial charge is 0.163 e. The van der Waals surface area contributed by atoms with E-state index in [1.807, 2.05) is 60.0 Å². The Morgan fingerprint density at radius 3 is 2.48 bits per heavy atom. The molecule has 4 nitrogen and oxygen atoms in total. The number of hydrogen-bond acceptors (Lipinski definition) is 3. The minimum Gasteiger partial charge on any atom is -0.255 e. The zero-order valence-corrected chi connectivity index (χ0v) is 13.2. The molecule has 0 aliphatic carbocycles. The molecule has 0 aliphatic rings. The van der Waals surface area contributed by atoms with Crippen LogP contribution < -0.4 is 0 Å². The van der Waals surface area contributed by atoms with E-state index in [4.69, 9.17) is 11.6 Å². The number of rotatable bonds is 2. The van der Waals surface area contributed by atoms with E-state index in [0.717, 1.165) is 33.9 Å². The van der Waals surface area contributed by atoms with E-state index in [0.29, 0.717) is 5.02 Å². The fourth-order valence-corrected chi connectivity index (χ4v) is 2.84. The average Bonchev–Trinajstić information content (AvgIpc) is 2.92. The lowest BCUT2D eigenvalue weighted by Gasteiger charge is -2.04. The number of aromatic nitrogens is 4. The van der Waals surface area contributed by atoms with E-state index < -0.39 is 0 Å². The van der Waals surface area contributed by atoms with Crippen molar-refractivity contribution in [3.63, 3.8) is 0 Å². The molecule has 0 saturated heterocycles. The summed E-state index contributed by atoms with van der Waals surface area (Å²) in [5.74, 6) is 0. The summed E-state index contributed by atoms with van der Waals surface area (Å²) in [6, 6.07) is 15.5. The molecule has 0 N–H and O–H groups in total. The van der Waals surface area contributed by atoms with Gasteiger partial charge in [0.15, 0.2) is 5.65 Å². The Bertz CT molecular complexity index is 975. The van der Waals surface area contributed by atoms with Crippen LogP contribution in [0, 0.1) is 6.92 Å². The van der Waals surface area contributed by atoms with Gasteiger partial charge >= 0.3 is 0 Å². The molecule has 4 rings (SSSR count). The molecule has 5 heteroatoms. The first-order valence-electron chi connectivity index (χ1n) is 7.26. The SMILES string of the molecule is Cc1nn2c(-c3ccccn3)ccnc2c1-c1ccc(Cl)cc1. The first-order chi connectivity index (χ1) is 11.2. The second-order valence-corrected chi connectivity index (χ2v) is 5.68. The number of pyridine rings is 1. The Morgan fingerprint density at radius 1 is 0.913 bits per heavy atom. The number of halogens is 1. The molecule has 0 aliphatic heterocycles. The summed E-state index contributed by atoms with van der Waals surface area (Å²) in [6.45, 7) is 1.99. The fraction of sp³-hybridized carbons (Fsp3) is 0.0556. The number of fused-ring (bicyclic) bond motifs is 1. The third kappa shape index (κ3) is 2.37. The lowest BCUT2D eigenvalue weighted by Crippen LogP contribution is -1.97. The van der Waals surface area contributed by atoms with Crippen molar-refractivity contribution in [2.75, 3.05) is 0 Å². The van der Waals surface area contributed by atoms with Crippen molar-refractivity contribution in [1.82, 2.24) is 19.6 Å². The van der Waals surface area contributed by atoms with Gasteiger partial charge in [-0.25, -0.2) is 9.50 Å². The third-order valence-electron chi connectivity index (χ3n) is 3.75. The summed E-state index contributed by atoms with van der Waals surface area (Å²) in [5, 5.41) is 5.38. The Morgan fingerprint density at radius 2 is 1.74 bits per heavy atom. The van der Waals surface area contributed by atoms with Gasteiger partial charge in [0, 0.05) is 23.0 Å². The molecule has 3 aromatic heterocycles. The average molecular weight is 321 g/mol. The molecule has 0 amide bonds. The van der Waals surface area contributed by atoms with Crippen molar-refractivity contribution in [3.8, 4) is 22.5 Å². The van der Waals surface area contributed by atoms with Gasteiger partial charge in [-0.3, -0.25) is 4.98 Å². The summed E-state index contributed by atoms with van der Waals surface area (Å²) >= 11 is 5.99. The molecule has 1 aromatic carbocycles. The van der Waals surface area contributed by atoms with Gasteiger partial charge in [0.2, 0.25) is 0 Å². The molecule has 0 atom stereocenters. The quantitative estimate of drug-likeness (QED) is 0.549. The monoisotopic (exact) mass is 320 g/mol. The van der Waals surface area contributed by atoms with E-state index >= 15 is 0 Å². The molecule has 0 unspecified atom stereocenters. The molecule has 0 saturated carbocycles. The number of hydrogen-bond donors (Lipinski definition) is 0. The van der Waals surface area contributed by atoms with Crippen LogP contribution in [-0.2, 0) is 0 Å². The molecule has 0 radical (unpaired) electrons. The molecule has 4 aromatic rings. The van der Waals surface area contributed by atoms with E-state index in [-0.39, 0.29) is 0 Å². The van der Waals surface area contributed by atoms with Crippen molar-refractivity contribution in [2.45, 2.75) is 6.92 Å². The predicted molar refractivity (Wildman–Crippen MR) is 91.4 cm³/mol. The van der Waals surface area contributed by atoms with Crippen LogP contribution in [-0.4, -0.2) is 19.6 Å². The number of aryl methyl sites for hydroxylation is 1. The first kappa shape index (κ1) is 13.9. The van der Waals surface area contributed by atoms with Gasteiger partial charge in [0.05, 0.1) is 17.1 Å². The summed E-state index contributed by atoms with van der Waals surface area (Å²) in [4.78, 5) is 8.94. The maximum atomic E-state index is 5.99. The topological polar surface area (TPSA) is 43.1 Å². The van der Waals surface area contributed by atoms with E-state index in [1.54, 1.807) is 12.4 Å². The van der Waals surface area contributed by atoms with E-state index in [1.165, 1.54) is 0 Å². The molecular weight excluding hydrogens is 308 g/mol. The van der Waals surface area contributed by atoms with Crippen LogP contribution in [0.5, 0.6) is 0 Å². The summed E-state index contributed by atoms with van der Waals surface area (Å²) < 4.78 is 1.85. The lowest BCUT2D eigenvalue weighted by molar-refractivity contribution is 0.920. The van der Waals surface area contributed by atoms with Gasteiger partial charge in [0.25, 0.3) is 0 Å². The zero-order valence-electron chi connectivity index (χ0n) is 12.4. The normalized spacial score (nSPS) is 11.0. The standard InChI is InChI=1S/C18H13ClN4/c1-12-17(13-5-7-14(19)8-6-13)18-21-11-9-16(23(18)22-12)15-4-2-3-10-20-15/h2-11H,1H3. The predicted octanol–water partition coefficient (Wildman–Crippen LogP) is 4.42. The molecule has 0 bridgehead atoms. The molecule has 3 heterocycles. The summed E-state index contributed by atoms with van der Waals surface area (Å²) in [5.41, 5.74) is 5.58. The van der Waals surface area contributed by atoms with Crippen LogP contribution in [0.4, 0.5) is 0 Å². The van der Waals surface area contributed by atoms with Crippen LogP contribution in [0.3, 0.4) is 0 Å². The number of nitrogens with zero attached hydrogens (tertiary/aromatic N) is 4. The highest BCUT2D eigenvalue weighted by molar-refractivity contribution is 6.30. The van der Waals surface area contributed by atoms with Gasteiger partial charge < -0.3 is 0 Å². The van der Waals surface area contributed by atoms with Crippen LogP contribution in [0.15, 0.2) is 60.9 Å². The van der Waals surface area contributed by atoms with Crippen LogP contribution in [0.25, 0.3) is 28.2 Å². The third-order valence-corrected chi connectivity index (χ3v) is 4.01. The van der Waals surface area contributed by atoms with E-state index in [2.05, 4.69) is 15.1 Å². The van der Waals surface area contributed by atoms with Gasteiger partial charge in [-0.2, -0.15) is 5.10 Å². The van der Waals surface area contributed by atoms with Crippen LogP contribution >= 0.6 is 11.6 Å².